The van der Waals surface area contributed by atoms with Crippen LogP contribution in [0.5, 0.6) is 0 Å². The number of fused-ring (bicyclic) bond motifs is 1. The van der Waals surface area contributed by atoms with Gasteiger partial charge in [-0.05, 0) is 43.3 Å². The maximum atomic E-state index is 13.6. The van der Waals surface area contributed by atoms with Gasteiger partial charge in [0.05, 0.1) is 22.2 Å². The summed E-state index contributed by atoms with van der Waals surface area (Å²) >= 11 is 7.14. The molecular weight excluding hydrogens is 395 g/mol. The van der Waals surface area contributed by atoms with E-state index < -0.39 is 24.3 Å². The van der Waals surface area contributed by atoms with E-state index in [2.05, 4.69) is 10.6 Å². The van der Waals surface area contributed by atoms with Gasteiger partial charge in [-0.1, -0.05) is 11.6 Å². The van der Waals surface area contributed by atoms with Crippen molar-refractivity contribution in [3.63, 3.8) is 0 Å². The summed E-state index contributed by atoms with van der Waals surface area (Å²) in [6.45, 7) is 1.19. The van der Waals surface area contributed by atoms with Crippen molar-refractivity contribution in [2.24, 2.45) is 0 Å². The number of esters is 1. The number of nitrogens with one attached hydrogen (secondary N) is 2. The third kappa shape index (κ3) is 4.58. The van der Waals surface area contributed by atoms with Gasteiger partial charge in [0.25, 0.3) is 5.91 Å². The molecule has 3 rings (SSSR count). The van der Waals surface area contributed by atoms with Crippen molar-refractivity contribution in [2.45, 2.75) is 17.1 Å². The van der Waals surface area contributed by atoms with Gasteiger partial charge < -0.3 is 15.4 Å². The SMILES string of the molecule is CC1Sc2ccc(C(=O)OCC(=O)Nc3cc(Cl)ccc3F)cc2NC1=O. The van der Waals surface area contributed by atoms with Crippen LogP contribution in [0.3, 0.4) is 0 Å². The fraction of sp³-hybridized carbons (Fsp3) is 0.167. The first-order valence-electron chi connectivity index (χ1n) is 7.87. The molecule has 1 unspecified atom stereocenters. The Bertz CT molecular complexity index is 938. The van der Waals surface area contributed by atoms with Crippen molar-refractivity contribution >= 4 is 52.5 Å². The van der Waals surface area contributed by atoms with E-state index in [0.717, 1.165) is 11.0 Å². The second-order valence-electron chi connectivity index (χ2n) is 5.71. The number of rotatable bonds is 4. The van der Waals surface area contributed by atoms with E-state index in [1.807, 2.05) is 0 Å². The quantitative estimate of drug-likeness (QED) is 0.753. The van der Waals surface area contributed by atoms with Gasteiger partial charge in [0.1, 0.15) is 5.82 Å². The largest absolute Gasteiger partial charge is 0.452 e. The summed E-state index contributed by atoms with van der Waals surface area (Å²) < 4.78 is 18.5. The molecule has 1 aliphatic rings. The lowest BCUT2D eigenvalue weighted by Crippen LogP contribution is -2.26. The molecular formula is C18H14ClFN2O4S. The Morgan fingerprint density at radius 3 is 2.85 bits per heavy atom. The standard InChI is InChI=1S/C18H14ClFN2O4S/c1-9-17(24)22-14-6-10(2-5-15(14)27-9)18(25)26-8-16(23)21-13-7-11(19)3-4-12(13)20/h2-7,9H,8H2,1H3,(H,21,23)(H,22,24). The van der Waals surface area contributed by atoms with E-state index in [0.29, 0.717) is 5.69 Å². The lowest BCUT2D eigenvalue weighted by atomic mass is 10.2. The molecule has 2 N–H and O–H groups in total. The second-order valence-corrected chi connectivity index (χ2v) is 7.53. The molecule has 0 bridgehead atoms. The predicted octanol–water partition coefficient (Wildman–Crippen LogP) is 3.71. The number of carbonyl (C=O) groups is 3. The highest BCUT2D eigenvalue weighted by Gasteiger charge is 2.24. The van der Waals surface area contributed by atoms with E-state index >= 15 is 0 Å². The van der Waals surface area contributed by atoms with Gasteiger partial charge in [0.2, 0.25) is 5.91 Å². The minimum atomic E-state index is -0.739. The van der Waals surface area contributed by atoms with Gasteiger partial charge in [0.15, 0.2) is 6.61 Å². The summed E-state index contributed by atoms with van der Waals surface area (Å²) in [7, 11) is 0. The Kier molecular flexibility index (Phi) is 5.67. The van der Waals surface area contributed by atoms with Crippen molar-refractivity contribution in [3.05, 3.63) is 52.8 Å². The van der Waals surface area contributed by atoms with E-state index in [-0.39, 0.29) is 27.4 Å². The number of carbonyl (C=O) groups excluding carboxylic acids is 3. The van der Waals surface area contributed by atoms with Crippen LogP contribution in [0.2, 0.25) is 5.02 Å². The zero-order valence-electron chi connectivity index (χ0n) is 14.0. The summed E-state index contributed by atoms with van der Waals surface area (Å²) in [5.74, 6) is -2.25. The van der Waals surface area contributed by atoms with Crippen molar-refractivity contribution < 1.29 is 23.5 Å². The molecule has 0 spiro atoms. The number of hydrogen-bond donors (Lipinski definition) is 2. The number of ether oxygens (including phenoxy) is 1. The van der Waals surface area contributed by atoms with Crippen LogP contribution in [0, 0.1) is 5.82 Å². The molecule has 1 atom stereocenters. The van der Waals surface area contributed by atoms with Crippen molar-refractivity contribution in [3.8, 4) is 0 Å². The summed E-state index contributed by atoms with van der Waals surface area (Å²) in [6, 6.07) is 8.45. The molecule has 1 heterocycles. The van der Waals surface area contributed by atoms with Gasteiger partial charge in [-0.25, -0.2) is 9.18 Å². The lowest BCUT2D eigenvalue weighted by molar-refractivity contribution is -0.119. The highest BCUT2D eigenvalue weighted by atomic mass is 35.5. The van der Waals surface area contributed by atoms with E-state index in [1.165, 1.54) is 30.0 Å². The van der Waals surface area contributed by atoms with Crippen LogP contribution in [0.15, 0.2) is 41.3 Å². The fourth-order valence-corrected chi connectivity index (χ4v) is 3.43. The molecule has 0 saturated heterocycles. The second kappa shape index (κ2) is 7.98. The number of amides is 2. The molecule has 6 nitrogen and oxygen atoms in total. The molecule has 2 aromatic rings. The van der Waals surface area contributed by atoms with Crippen LogP contribution in [-0.2, 0) is 14.3 Å². The van der Waals surface area contributed by atoms with E-state index in [9.17, 15) is 18.8 Å². The number of hydrogen-bond acceptors (Lipinski definition) is 5. The zero-order chi connectivity index (χ0) is 19.6. The molecule has 0 aliphatic carbocycles. The number of halogens is 2. The molecule has 2 amide bonds. The average Bonchev–Trinajstić information content (AvgIpc) is 2.63. The molecule has 1 aliphatic heterocycles. The predicted molar refractivity (Wildman–Crippen MR) is 101 cm³/mol. The minimum absolute atomic E-state index is 0.105. The Labute approximate surface area is 163 Å². The first-order chi connectivity index (χ1) is 12.8. The summed E-state index contributed by atoms with van der Waals surface area (Å²) in [5, 5.41) is 5.04. The maximum Gasteiger partial charge on any atom is 0.338 e. The molecule has 2 aromatic carbocycles. The Balaban J connectivity index is 1.61. The van der Waals surface area contributed by atoms with Crippen LogP contribution in [0.4, 0.5) is 15.8 Å². The Morgan fingerprint density at radius 2 is 2.07 bits per heavy atom. The first kappa shape index (κ1) is 19.2. The topological polar surface area (TPSA) is 84.5 Å². The first-order valence-corrected chi connectivity index (χ1v) is 9.13. The Morgan fingerprint density at radius 1 is 1.30 bits per heavy atom. The smallest absolute Gasteiger partial charge is 0.338 e. The van der Waals surface area contributed by atoms with Gasteiger partial charge >= 0.3 is 5.97 Å². The highest BCUT2D eigenvalue weighted by molar-refractivity contribution is 8.00. The molecule has 0 radical (unpaired) electrons. The van der Waals surface area contributed by atoms with Gasteiger partial charge in [-0.3, -0.25) is 9.59 Å². The van der Waals surface area contributed by atoms with Gasteiger partial charge in [0, 0.05) is 9.92 Å². The van der Waals surface area contributed by atoms with Gasteiger partial charge in [-0.2, -0.15) is 0 Å². The third-order valence-corrected chi connectivity index (χ3v) is 5.10. The van der Waals surface area contributed by atoms with E-state index in [1.54, 1.807) is 19.1 Å². The number of benzene rings is 2. The third-order valence-electron chi connectivity index (χ3n) is 3.68. The molecule has 0 fully saturated rings. The molecule has 0 aromatic heterocycles. The summed E-state index contributed by atoms with van der Waals surface area (Å²) in [5.41, 5.74) is 0.597. The summed E-state index contributed by atoms with van der Waals surface area (Å²) in [4.78, 5) is 36.6. The van der Waals surface area contributed by atoms with Crippen LogP contribution >= 0.6 is 23.4 Å². The van der Waals surface area contributed by atoms with Crippen LogP contribution in [0.1, 0.15) is 17.3 Å². The normalized spacial score (nSPS) is 15.5. The van der Waals surface area contributed by atoms with Crippen LogP contribution in [-0.4, -0.2) is 29.6 Å². The zero-order valence-corrected chi connectivity index (χ0v) is 15.6. The van der Waals surface area contributed by atoms with Crippen molar-refractivity contribution in [1.82, 2.24) is 0 Å². The minimum Gasteiger partial charge on any atom is -0.452 e. The van der Waals surface area contributed by atoms with E-state index in [4.69, 9.17) is 16.3 Å². The fourth-order valence-electron chi connectivity index (χ4n) is 2.33. The molecule has 27 heavy (non-hydrogen) atoms. The van der Waals surface area contributed by atoms with Crippen molar-refractivity contribution in [2.75, 3.05) is 17.2 Å². The average molecular weight is 409 g/mol. The van der Waals surface area contributed by atoms with Crippen LogP contribution in [0.25, 0.3) is 0 Å². The maximum absolute atomic E-state index is 13.6. The number of anilines is 2. The monoisotopic (exact) mass is 408 g/mol. The molecule has 140 valence electrons. The summed E-state index contributed by atoms with van der Waals surface area (Å²) in [6.07, 6.45) is 0. The van der Waals surface area contributed by atoms with Crippen molar-refractivity contribution in [1.29, 1.82) is 0 Å². The lowest BCUT2D eigenvalue weighted by Gasteiger charge is -2.21. The molecule has 0 saturated carbocycles. The molecule has 9 heteroatoms. The van der Waals surface area contributed by atoms with Crippen LogP contribution < -0.4 is 10.6 Å². The Hall–Kier alpha value is -2.58. The van der Waals surface area contributed by atoms with Gasteiger partial charge in [-0.15, -0.1) is 11.8 Å². The number of thioether (sulfide) groups is 1. The highest BCUT2D eigenvalue weighted by Crippen LogP contribution is 2.36.